The number of rotatable bonds is 2. The second kappa shape index (κ2) is 7.34. The number of aromatic nitrogens is 1. The van der Waals surface area contributed by atoms with Gasteiger partial charge in [0.05, 0.1) is 30.3 Å². The third-order valence-corrected chi connectivity index (χ3v) is 5.00. The van der Waals surface area contributed by atoms with Crippen molar-refractivity contribution in [1.82, 2.24) is 0 Å². The van der Waals surface area contributed by atoms with Crippen LogP contribution in [-0.4, -0.2) is 26.1 Å². The molecule has 2 aromatic carbocycles. The first-order valence-corrected chi connectivity index (χ1v) is 8.84. The molecule has 0 N–H and O–H groups in total. The summed E-state index contributed by atoms with van der Waals surface area (Å²) in [5, 5.41) is 16.9. The standard InChI is InChI=1S/C20H18NO4.NO3/c1-22-17-4-3-12-7-16-14-9-19-18(24-11-25-19)8-13(14)5-6-21(16)10-15(12)20(17)23-2;2-1(3)4/h3-4,7-10H,5-6,11H2,1-2H3;/q+1;-1. The van der Waals surface area contributed by atoms with Crippen LogP contribution in [0.3, 0.4) is 0 Å². The van der Waals surface area contributed by atoms with Gasteiger partial charge in [0.15, 0.2) is 35.7 Å². The molecule has 9 heteroatoms. The molecule has 0 spiro atoms. The van der Waals surface area contributed by atoms with Gasteiger partial charge in [-0.15, -0.1) is 0 Å². The van der Waals surface area contributed by atoms with E-state index in [1.807, 2.05) is 6.07 Å². The summed E-state index contributed by atoms with van der Waals surface area (Å²) < 4.78 is 24.4. The topological polar surface area (TPSA) is 107 Å². The van der Waals surface area contributed by atoms with Gasteiger partial charge in [0.25, 0.3) is 0 Å². The molecule has 2 aliphatic heterocycles. The quantitative estimate of drug-likeness (QED) is 0.371. The van der Waals surface area contributed by atoms with Crippen molar-refractivity contribution < 1.29 is 28.6 Å². The molecule has 1 aromatic heterocycles. The molecule has 0 amide bonds. The summed E-state index contributed by atoms with van der Waals surface area (Å²) in [6.07, 6.45) is 3.11. The van der Waals surface area contributed by atoms with Crippen molar-refractivity contribution in [3.8, 4) is 34.3 Å². The minimum Gasteiger partial charge on any atom is -0.493 e. The third-order valence-electron chi connectivity index (χ3n) is 5.00. The van der Waals surface area contributed by atoms with Crippen LogP contribution < -0.4 is 23.5 Å². The highest BCUT2D eigenvalue weighted by atomic mass is 16.9. The molecule has 0 bridgehead atoms. The third kappa shape index (κ3) is 3.31. The van der Waals surface area contributed by atoms with Crippen molar-refractivity contribution in [1.29, 1.82) is 0 Å². The van der Waals surface area contributed by atoms with Crippen molar-refractivity contribution in [3.63, 3.8) is 0 Å². The highest BCUT2D eigenvalue weighted by molar-refractivity contribution is 5.91. The van der Waals surface area contributed by atoms with Crippen molar-refractivity contribution in [3.05, 3.63) is 57.4 Å². The van der Waals surface area contributed by atoms with Gasteiger partial charge in [-0.05, 0) is 35.2 Å². The summed E-state index contributed by atoms with van der Waals surface area (Å²) in [6, 6.07) is 10.4. The van der Waals surface area contributed by atoms with E-state index in [9.17, 15) is 0 Å². The highest BCUT2D eigenvalue weighted by Crippen LogP contribution is 2.41. The lowest BCUT2D eigenvalue weighted by atomic mass is 9.95. The molecule has 0 unspecified atom stereocenters. The molecular weight excluding hydrogens is 380 g/mol. The van der Waals surface area contributed by atoms with Gasteiger partial charge in [0, 0.05) is 12.5 Å². The molecule has 2 aliphatic rings. The first-order chi connectivity index (χ1) is 14.0. The SMILES string of the molecule is COc1ccc2cc3[n+](cc2c1OC)CCc1cc2c(cc1-3)OCO2.O=[N+]([O-])[O-]. The van der Waals surface area contributed by atoms with E-state index in [-0.39, 0.29) is 0 Å². The Morgan fingerprint density at radius 1 is 1.07 bits per heavy atom. The average Bonchev–Trinajstić information content (AvgIpc) is 3.16. The molecule has 9 nitrogen and oxygen atoms in total. The summed E-state index contributed by atoms with van der Waals surface area (Å²) in [4.78, 5) is 8.25. The highest BCUT2D eigenvalue weighted by Gasteiger charge is 2.28. The average molecular weight is 398 g/mol. The number of aryl methyl sites for hydroxylation is 2. The minimum absolute atomic E-state index is 0.299. The van der Waals surface area contributed by atoms with Crippen LogP contribution in [0.2, 0.25) is 0 Å². The molecule has 0 aliphatic carbocycles. The van der Waals surface area contributed by atoms with Crippen LogP contribution in [0.15, 0.2) is 36.5 Å². The largest absolute Gasteiger partial charge is 0.493 e. The molecule has 3 heterocycles. The molecule has 0 saturated heterocycles. The number of benzene rings is 2. The predicted octanol–water partition coefficient (Wildman–Crippen LogP) is 2.86. The second-order valence-corrected chi connectivity index (χ2v) is 6.49. The van der Waals surface area contributed by atoms with Crippen molar-refractivity contribution >= 4 is 10.8 Å². The lowest BCUT2D eigenvalue weighted by Gasteiger charge is -2.17. The fourth-order valence-electron chi connectivity index (χ4n) is 3.77. The monoisotopic (exact) mass is 398 g/mol. The fraction of sp³-hybridized carbons (Fsp3) is 0.250. The predicted molar refractivity (Wildman–Crippen MR) is 103 cm³/mol. The van der Waals surface area contributed by atoms with Gasteiger partial charge in [0.2, 0.25) is 12.5 Å². The Balaban J connectivity index is 0.000000472. The van der Waals surface area contributed by atoms with Crippen molar-refractivity contribution in [2.24, 2.45) is 0 Å². The number of hydrogen-bond donors (Lipinski definition) is 0. The summed E-state index contributed by atoms with van der Waals surface area (Å²) in [7, 11) is 3.34. The number of methoxy groups -OCH3 is 2. The molecule has 5 rings (SSSR count). The number of nitrogens with zero attached hydrogens (tertiary/aromatic N) is 2. The van der Waals surface area contributed by atoms with Gasteiger partial charge in [-0.3, -0.25) is 0 Å². The van der Waals surface area contributed by atoms with Gasteiger partial charge < -0.3 is 34.3 Å². The van der Waals surface area contributed by atoms with E-state index >= 15 is 0 Å². The second-order valence-electron chi connectivity index (χ2n) is 6.49. The van der Waals surface area contributed by atoms with Crippen LogP contribution in [0.25, 0.3) is 22.0 Å². The summed E-state index contributed by atoms with van der Waals surface area (Å²) >= 11 is 0. The molecule has 150 valence electrons. The molecule has 0 radical (unpaired) electrons. The van der Waals surface area contributed by atoms with E-state index in [1.54, 1.807) is 14.2 Å². The maximum atomic E-state index is 8.25. The van der Waals surface area contributed by atoms with E-state index in [4.69, 9.17) is 34.3 Å². The smallest absolute Gasteiger partial charge is 0.231 e. The Hall–Kier alpha value is -3.75. The minimum atomic E-state index is -1.75. The van der Waals surface area contributed by atoms with Gasteiger partial charge >= 0.3 is 0 Å². The molecule has 0 atom stereocenters. The summed E-state index contributed by atoms with van der Waals surface area (Å²) in [6.45, 7) is 1.21. The van der Waals surface area contributed by atoms with Crippen LogP contribution in [0.1, 0.15) is 5.56 Å². The maximum absolute atomic E-state index is 8.25. The first kappa shape index (κ1) is 18.6. The zero-order valence-corrected chi connectivity index (χ0v) is 15.8. The lowest BCUT2D eigenvalue weighted by molar-refractivity contribution is -0.686. The fourth-order valence-corrected chi connectivity index (χ4v) is 3.77. The van der Waals surface area contributed by atoms with Crippen LogP contribution in [0, 0.1) is 15.3 Å². The normalized spacial score (nSPS) is 13.0. The number of fused-ring (bicyclic) bond motifs is 5. The Morgan fingerprint density at radius 3 is 2.48 bits per heavy atom. The Morgan fingerprint density at radius 2 is 1.79 bits per heavy atom. The van der Waals surface area contributed by atoms with Gasteiger partial charge in [-0.2, -0.15) is 4.57 Å². The molecule has 3 aromatic rings. The van der Waals surface area contributed by atoms with Crippen LogP contribution in [0.5, 0.6) is 23.0 Å². The van der Waals surface area contributed by atoms with Gasteiger partial charge in [0.1, 0.15) is 0 Å². The molecular formula is C20H18N2O7. The van der Waals surface area contributed by atoms with E-state index in [0.29, 0.717) is 6.79 Å². The van der Waals surface area contributed by atoms with Crippen LogP contribution in [0.4, 0.5) is 0 Å². The van der Waals surface area contributed by atoms with E-state index in [2.05, 4.69) is 35.0 Å². The number of pyridine rings is 1. The summed E-state index contributed by atoms with van der Waals surface area (Å²) in [5.41, 5.74) is 3.68. The summed E-state index contributed by atoms with van der Waals surface area (Å²) in [5.74, 6) is 3.18. The van der Waals surface area contributed by atoms with Crippen LogP contribution in [-0.2, 0) is 13.0 Å². The molecule has 0 saturated carbocycles. The Labute approximate surface area is 165 Å². The zero-order valence-electron chi connectivity index (χ0n) is 15.8. The van der Waals surface area contributed by atoms with E-state index in [1.165, 1.54) is 16.8 Å². The molecule has 29 heavy (non-hydrogen) atoms. The van der Waals surface area contributed by atoms with Gasteiger partial charge in [-0.1, -0.05) is 0 Å². The lowest BCUT2D eigenvalue weighted by Crippen LogP contribution is -2.40. The van der Waals surface area contributed by atoms with E-state index in [0.717, 1.165) is 46.7 Å². The Bertz CT molecular complexity index is 1110. The van der Waals surface area contributed by atoms with E-state index < -0.39 is 5.09 Å². The van der Waals surface area contributed by atoms with Crippen molar-refractivity contribution in [2.45, 2.75) is 13.0 Å². The van der Waals surface area contributed by atoms with Crippen molar-refractivity contribution in [2.75, 3.05) is 21.0 Å². The first-order valence-electron chi connectivity index (χ1n) is 8.84. The van der Waals surface area contributed by atoms with Crippen LogP contribution >= 0.6 is 0 Å². The van der Waals surface area contributed by atoms with Gasteiger partial charge in [-0.25, -0.2) is 0 Å². The number of ether oxygens (including phenoxy) is 4. The maximum Gasteiger partial charge on any atom is 0.231 e. The zero-order chi connectivity index (χ0) is 20.5. The number of hydrogen-bond acceptors (Lipinski definition) is 7. The Kier molecular flexibility index (Phi) is 4.71. The molecule has 0 fully saturated rings.